The lowest BCUT2D eigenvalue weighted by atomic mass is 10.0. The quantitative estimate of drug-likeness (QED) is 0.0222. The van der Waals surface area contributed by atoms with Gasteiger partial charge in [-0.3, -0.25) is 37.3 Å². The van der Waals surface area contributed by atoms with Crippen molar-refractivity contribution in [3.8, 4) is 0 Å². The number of hydrogen-bond donors (Lipinski definition) is 3. The van der Waals surface area contributed by atoms with E-state index in [9.17, 15) is 43.2 Å². The average molecular weight is 1650 g/mol. The fourth-order valence-corrected chi connectivity index (χ4v) is 16.5. The number of phosphoric ester groups is 2. The number of phosphoric acid groups is 2. The van der Waals surface area contributed by atoms with Crippen molar-refractivity contribution in [2.24, 2.45) is 5.92 Å². The summed E-state index contributed by atoms with van der Waals surface area (Å²) >= 11 is 0. The molecule has 0 radical (unpaired) electrons. The van der Waals surface area contributed by atoms with Crippen LogP contribution in [0.5, 0.6) is 0 Å². The highest BCUT2D eigenvalue weighted by atomic mass is 31.2. The largest absolute Gasteiger partial charge is 0.472 e. The van der Waals surface area contributed by atoms with E-state index in [1.54, 1.807) is 0 Å². The summed E-state index contributed by atoms with van der Waals surface area (Å²) in [5.41, 5.74) is 0. The molecule has 0 bridgehead atoms. The molecule has 0 fully saturated rings. The van der Waals surface area contributed by atoms with Gasteiger partial charge in [-0.1, -0.05) is 465 Å². The number of aliphatic hydroxyl groups is 1. The minimum absolute atomic E-state index is 0.109. The summed E-state index contributed by atoms with van der Waals surface area (Å²) in [6, 6.07) is 0. The summed E-state index contributed by atoms with van der Waals surface area (Å²) < 4.78 is 69.2. The normalized spacial score (nSPS) is 13.6. The molecule has 3 N–H and O–H groups in total. The van der Waals surface area contributed by atoms with Gasteiger partial charge in [0.05, 0.1) is 26.4 Å². The van der Waals surface area contributed by atoms with Crippen LogP contribution in [-0.4, -0.2) is 96.7 Å². The third-order valence-electron chi connectivity index (χ3n) is 22.3. The Hall–Kier alpha value is -1.94. The molecule has 113 heavy (non-hydrogen) atoms. The van der Waals surface area contributed by atoms with Gasteiger partial charge in [-0.25, -0.2) is 9.13 Å². The van der Waals surface area contributed by atoms with Crippen molar-refractivity contribution in [3.63, 3.8) is 0 Å². The molecule has 0 saturated heterocycles. The van der Waals surface area contributed by atoms with E-state index in [-0.39, 0.29) is 25.7 Å². The van der Waals surface area contributed by atoms with Crippen LogP contribution in [0.3, 0.4) is 0 Å². The maximum absolute atomic E-state index is 13.2. The smallest absolute Gasteiger partial charge is 0.462 e. The van der Waals surface area contributed by atoms with Crippen molar-refractivity contribution in [2.45, 2.75) is 534 Å². The summed E-state index contributed by atoms with van der Waals surface area (Å²) in [7, 11) is -9.94. The summed E-state index contributed by atoms with van der Waals surface area (Å²) in [5.74, 6) is -1.35. The maximum Gasteiger partial charge on any atom is 0.472 e. The first kappa shape index (κ1) is 111. The van der Waals surface area contributed by atoms with Crippen LogP contribution in [0, 0.1) is 5.92 Å². The van der Waals surface area contributed by atoms with Crippen LogP contribution < -0.4 is 0 Å². The van der Waals surface area contributed by atoms with Crippen LogP contribution in [0.15, 0.2) is 0 Å². The van der Waals surface area contributed by atoms with Crippen molar-refractivity contribution in [1.29, 1.82) is 0 Å². The molecule has 0 aromatic rings. The van der Waals surface area contributed by atoms with E-state index in [0.29, 0.717) is 25.7 Å². The highest BCUT2D eigenvalue weighted by Gasteiger charge is 2.31. The molecule has 0 aromatic carbocycles. The van der Waals surface area contributed by atoms with E-state index < -0.39 is 97.5 Å². The Bertz CT molecular complexity index is 2140. The molecule has 0 aliphatic carbocycles. The molecule has 0 saturated carbocycles. The van der Waals surface area contributed by atoms with Gasteiger partial charge in [-0.2, -0.15) is 0 Å². The molecule has 0 amide bonds. The zero-order valence-electron chi connectivity index (χ0n) is 74.5. The van der Waals surface area contributed by atoms with Crippen molar-refractivity contribution < 1.29 is 80.2 Å². The van der Waals surface area contributed by atoms with E-state index >= 15 is 0 Å². The van der Waals surface area contributed by atoms with Gasteiger partial charge >= 0.3 is 39.5 Å². The maximum atomic E-state index is 13.2. The molecule has 17 nitrogen and oxygen atoms in total. The molecule has 0 aliphatic rings. The summed E-state index contributed by atoms with van der Waals surface area (Å²) in [4.78, 5) is 73.5. The molecule has 672 valence electrons. The second-order valence-electron chi connectivity index (χ2n) is 34.2. The Morgan fingerprint density at radius 1 is 0.239 bits per heavy atom. The number of carbonyl (C=O) groups is 4. The molecule has 2 unspecified atom stereocenters. The minimum Gasteiger partial charge on any atom is -0.462 e. The second-order valence-corrected chi connectivity index (χ2v) is 37.1. The van der Waals surface area contributed by atoms with Crippen LogP contribution in [0.4, 0.5) is 0 Å². The van der Waals surface area contributed by atoms with E-state index in [0.717, 1.165) is 95.8 Å². The Balaban J connectivity index is 5.24. The predicted molar refractivity (Wildman–Crippen MR) is 469 cm³/mol. The van der Waals surface area contributed by atoms with Gasteiger partial charge in [0.1, 0.15) is 19.3 Å². The van der Waals surface area contributed by atoms with Crippen molar-refractivity contribution >= 4 is 39.5 Å². The second kappa shape index (κ2) is 86.4. The lowest BCUT2D eigenvalue weighted by Crippen LogP contribution is -2.30. The Labute approximate surface area is 696 Å². The number of hydrogen-bond acceptors (Lipinski definition) is 15. The van der Waals surface area contributed by atoms with E-state index in [2.05, 4.69) is 34.6 Å². The lowest BCUT2D eigenvalue weighted by Gasteiger charge is -2.21. The molecule has 0 rings (SSSR count). The van der Waals surface area contributed by atoms with E-state index in [1.165, 1.54) is 340 Å². The van der Waals surface area contributed by atoms with Gasteiger partial charge in [-0.15, -0.1) is 0 Å². The number of carbonyl (C=O) groups excluding carboxylic acids is 4. The number of rotatable bonds is 94. The average Bonchev–Trinajstić information content (AvgIpc) is 0.896. The molecular formula is C94H184O17P2. The third-order valence-corrected chi connectivity index (χ3v) is 24.2. The van der Waals surface area contributed by atoms with Crippen molar-refractivity contribution in [1.82, 2.24) is 0 Å². The van der Waals surface area contributed by atoms with Crippen LogP contribution >= 0.6 is 15.6 Å². The summed E-state index contributed by atoms with van der Waals surface area (Å²) in [6.45, 7) is 7.39. The van der Waals surface area contributed by atoms with Gasteiger partial charge in [0, 0.05) is 25.7 Å². The van der Waals surface area contributed by atoms with E-state index in [1.807, 2.05) is 0 Å². The summed E-state index contributed by atoms with van der Waals surface area (Å²) in [5, 5.41) is 10.7. The fourth-order valence-electron chi connectivity index (χ4n) is 14.9. The predicted octanol–water partition coefficient (Wildman–Crippen LogP) is 29.5. The van der Waals surface area contributed by atoms with Gasteiger partial charge < -0.3 is 33.8 Å². The van der Waals surface area contributed by atoms with Crippen molar-refractivity contribution in [2.75, 3.05) is 39.6 Å². The van der Waals surface area contributed by atoms with Gasteiger partial charge in [0.15, 0.2) is 12.2 Å². The number of aliphatic hydroxyl groups excluding tert-OH is 1. The number of ether oxygens (including phenoxy) is 4. The molecule has 19 heteroatoms. The number of esters is 4. The zero-order valence-corrected chi connectivity index (χ0v) is 76.3. The topological polar surface area (TPSA) is 237 Å². The lowest BCUT2D eigenvalue weighted by molar-refractivity contribution is -0.161. The van der Waals surface area contributed by atoms with Crippen LogP contribution in [0.1, 0.15) is 516 Å². The Kier molecular flexibility index (Phi) is 85.0. The summed E-state index contributed by atoms with van der Waals surface area (Å²) in [6.07, 6.45) is 83.6. The zero-order chi connectivity index (χ0) is 82.6. The first-order chi connectivity index (χ1) is 55.0. The monoisotopic (exact) mass is 1650 g/mol. The minimum atomic E-state index is -4.97. The first-order valence-corrected chi connectivity index (χ1v) is 51.6. The highest BCUT2D eigenvalue weighted by Crippen LogP contribution is 2.45. The number of unbranched alkanes of at least 4 members (excludes halogenated alkanes) is 66. The molecule has 0 aliphatic heterocycles. The molecule has 0 spiro atoms. The third kappa shape index (κ3) is 87.7. The van der Waals surface area contributed by atoms with Gasteiger partial charge in [0.2, 0.25) is 0 Å². The van der Waals surface area contributed by atoms with Crippen LogP contribution in [-0.2, 0) is 65.4 Å². The standard InChI is InChI=1S/C94H184O17P2/c1-6-9-12-15-18-21-24-27-30-33-36-38-40-42-45-48-51-54-59-65-70-75-79-93(98)110-89(83-104-91(96)77-72-67-62-57-52-49-46-44-41-39-37-34-31-28-25-22-19-16-13-10-7-2)85-108-112(100,101)106-81-88(95)82-107-113(102,103)109-86-90(84-105-92(97)78-73-68-63-60-55-56-61-66-71-76-87(4)5)111-94(99)80-74-69-64-58-53-50-47-43-35-32-29-26-23-20-17-14-11-8-3/h87-90,95H,6-86H2,1-5H3,(H,100,101)(H,102,103)/t88-,89-,90-/m1/s1. The van der Waals surface area contributed by atoms with Crippen LogP contribution in [0.2, 0.25) is 0 Å². The molecule has 0 heterocycles. The van der Waals surface area contributed by atoms with Gasteiger partial charge in [0.25, 0.3) is 0 Å². The van der Waals surface area contributed by atoms with Crippen LogP contribution in [0.25, 0.3) is 0 Å². The molecule has 5 atom stereocenters. The van der Waals surface area contributed by atoms with Crippen molar-refractivity contribution in [3.05, 3.63) is 0 Å². The fraction of sp³-hybridized carbons (Fsp3) is 0.957. The van der Waals surface area contributed by atoms with Gasteiger partial charge in [-0.05, 0) is 31.6 Å². The SMILES string of the molecule is CCCCCCCCCCCCCCCCCCCCCCCCC(=O)O[C@H](COC(=O)CCCCCCCCCCCCCCCCCCCCCCC)COP(=O)(O)OC[C@@H](O)COP(=O)(O)OC[C@@H](COC(=O)CCCCCCCCCCCC(C)C)OC(=O)CCCCCCCCCCCCCCCCCCCC. The molecular weight excluding hydrogens is 1460 g/mol. The van der Waals surface area contributed by atoms with E-state index in [4.69, 9.17) is 37.0 Å². The highest BCUT2D eigenvalue weighted by molar-refractivity contribution is 7.47. The first-order valence-electron chi connectivity index (χ1n) is 48.6. The Morgan fingerprint density at radius 2 is 0.407 bits per heavy atom. The Morgan fingerprint density at radius 3 is 0.602 bits per heavy atom. The molecule has 0 aromatic heterocycles.